The molecular weight excluding hydrogens is 232 g/mol. The predicted molar refractivity (Wildman–Crippen MR) is 54.0 cm³/mol. The first-order valence-corrected chi connectivity index (χ1v) is 5.66. The Hall–Kier alpha value is -1.91. The van der Waals surface area contributed by atoms with Gasteiger partial charge in [-0.15, -0.1) is 0 Å². The zero-order chi connectivity index (χ0) is 12.2. The van der Waals surface area contributed by atoms with E-state index in [1.165, 1.54) is 24.3 Å². The fraction of sp³-hybridized carbons (Fsp3) is 0.111. The maximum absolute atomic E-state index is 11.6. The Balaban J connectivity index is 3.08. The number of aliphatic carboxylic acids is 1. The lowest BCUT2D eigenvalue weighted by atomic mass is 10.2. The molecule has 7 heteroatoms. The van der Waals surface area contributed by atoms with Crippen LogP contribution in [0.25, 0.3) is 0 Å². The van der Waals surface area contributed by atoms with Gasteiger partial charge in [-0.25, -0.2) is 8.42 Å². The second-order valence-corrected chi connectivity index (χ2v) is 4.56. The van der Waals surface area contributed by atoms with Crippen LogP contribution in [-0.4, -0.2) is 26.0 Å². The topological polar surface area (TPSA) is 107 Å². The van der Waals surface area contributed by atoms with E-state index in [4.69, 9.17) is 10.4 Å². The maximum atomic E-state index is 11.6. The standard InChI is InChI=1S/C9H8N2O4S/c10-5-7-3-1-2-4-8(7)16(14,15)11-6-9(12)13/h1-4,11H,6H2,(H,12,13). The summed E-state index contributed by atoms with van der Waals surface area (Å²) in [7, 11) is -3.95. The second-order valence-electron chi connectivity index (χ2n) is 2.83. The molecule has 0 aliphatic rings. The highest BCUT2D eigenvalue weighted by atomic mass is 32.2. The van der Waals surface area contributed by atoms with Crippen molar-refractivity contribution in [2.75, 3.05) is 6.54 Å². The molecule has 0 aliphatic heterocycles. The highest BCUT2D eigenvalue weighted by Crippen LogP contribution is 2.13. The number of rotatable bonds is 4. The van der Waals surface area contributed by atoms with Crippen LogP contribution in [0.5, 0.6) is 0 Å². The van der Waals surface area contributed by atoms with E-state index in [0.717, 1.165) is 0 Å². The number of hydrogen-bond donors (Lipinski definition) is 2. The predicted octanol–water partition coefficient (Wildman–Crippen LogP) is -0.0788. The lowest BCUT2D eigenvalue weighted by Gasteiger charge is -2.05. The highest BCUT2D eigenvalue weighted by molar-refractivity contribution is 7.89. The number of carboxylic acid groups (broad SMARTS) is 1. The van der Waals surface area contributed by atoms with Crippen LogP contribution in [0, 0.1) is 11.3 Å². The molecule has 6 nitrogen and oxygen atoms in total. The number of carbonyl (C=O) groups is 1. The summed E-state index contributed by atoms with van der Waals surface area (Å²) in [5, 5.41) is 17.1. The van der Waals surface area contributed by atoms with Gasteiger partial charge >= 0.3 is 5.97 Å². The average molecular weight is 240 g/mol. The molecule has 1 aromatic rings. The van der Waals surface area contributed by atoms with Crippen LogP contribution in [0.4, 0.5) is 0 Å². The van der Waals surface area contributed by atoms with Gasteiger partial charge in [0.1, 0.15) is 12.6 Å². The van der Waals surface area contributed by atoms with Gasteiger partial charge < -0.3 is 5.11 Å². The number of nitrogens with one attached hydrogen (secondary N) is 1. The van der Waals surface area contributed by atoms with Gasteiger partial charge in [0.05, 0.1) is 10.5 Å². The van der Waals surface area contributed by atoms with E-state index in [-0.39, 0.29) is 10.5 Å². The van der Waals surface area contributed by atoms with E-state index in [0.29, 0.717) is 0 Å². The lowest BCUT2D eigenvalue weighted by molar-refractivity contribution is -0.135. The minimum Gasteiger partial charge on any atom is -0.480 e. The molecule has 84 valence electrons. The fourth-order valence-corrected chi connectivity index (χ4v) is 2.16. The second kappa shape index (κ2) is 4.74. The minimum absolute atomic E-state index is 0.0274. The molecule has 1 rings (SSSR count). The normalized spacial score (nSPS) is 10.7. The quantitative estimate of drug-likeness (QED) is 0.765. The Labute approximate surface area is 92.2 Å². The zero-order valence-electron chi connectivity index (χ0n) is 8.04. The number of nitriles is 1. The first kappa shape index (κ1) is 12.2. The molecule has 0 atom stereocenters. The molecule has 0 saturated heterocycles. The lowest BCUT2D eigenvalue weighted by Crippen LogP contribution is -2.29. The van der Waals surface area contributed by atoms with Crippen LogP contribution in [0.15, 0.2) is 29.2 Å². The third kappa shape index (κ3) is 2.79. The first-order chi connectivity index (χ1) is 7.47. The summed E-state index contributed by atoms with van der Waals surface area (Å²) >= 11 is 0. The minimum atomic E-state index is -3.95. The first-order valence-electron chi connectivity index (χ1n) is 4.18. The van der Waals surface area contributed by atoms with E-state index < -0.39 is 22.5 Å². The monoisotopic (exact) mass is 240 g/mol. The molecule has 0 unspecified atom stereocenters. The summed E-state index contributed by atoms with van der Waals surface area (Å²) < 4.78 is 25.1. The van der Waals surface area contributed by atoms with Gasteiger partial charge in [0.25, 0.3) is 0 Å². The Morgan fingerprint density at radius 1 is 1.44 bits per heavy atom. The third-order valence-electron chi connectivity index (χ3n) is 1.71. The van der Waals surface area contributed by atoms with Crippen LogP contribution in [0.3, 0.4) is 0 Å². The number of nitrogens with zero attached hydrogens (tertiary/aromatic N) is 1. The van der Waals surface area contributed by atoms with Crippen molar-refractivity contribution in [1.29, 1.82) is 5.26 Å². The summed E-state index contributed by atoms with van der Waals surface area (Å²) in [6.07, 6.45) is 0. The van der Waals surface area contributed by atoms with Gasteiger partial charge in [-0.1, -0.05) is 12.1 Å². The van der Waals surface area contributed by atoms with Gasteiger partial charge in [-0.05, 0) is 12.1 Å². The molecule has 1 aromatic carbocycles. The Bertz CT molecular complexity index is 545. The molecule has 0 heterocycles. The molecular formula is C9H8N2O4S. The molecule has 0 bridgehead atoms. The van der Waals surface area contributed by atoms with Gasteiger partial charge in [0.15, 0.2) is 0 Å². The van der Waals surface area contributed by atoms with E-state index in [1.54, 1.807) is 6.07 Å². The zero-order valence-corrected chi connectivity index (χ0v) is 8.86. The average Bonchev–Trinajstić information content (AvgIpc) is 2.26. The smallest absolute Gasteiger partial charge is 0.318 e. The summed E-state index contributed by atoms with van der Waals surface area (Å²) in [5.74, 6) is -1.29. The largest absolute Gasteiger partial charge is 0.480 e. The van der Waals surface area contributed by atoms with Crippen molar-refractivity contribution in [2.24, 2.45) is 0 Å². The number of sulfonamides is 1. The molecule has 0 aliphatic carbocycles. The number of hydrogen-bond acceptors (Lipinski definition) is 4. The SMILES string of the molecule is N#Cc1ccccc1S(=O)(=O)NCC(=O)O. The van der Waals surface area contributed by atoms with E-state index in [9.17, 15) is 13.2 Å². The Kier molecular flexibility index (Phi) is 3.60. The highest BCUT2D eigenvalue weighted by Gasteiger charge is 2.18. The number of carboxylic acids is 1. The molecule has 2 N–H and O–H groups in total. The van der Waals surface area contributed by atoms with Gasteiger partial charge in [-0.2, -0.15) is 9.98 Å². The van der Waals surface area contributed by atoms with E-state index in [2.05, 4.69) is 0 Å². The summed E-state index contributed by atoms with van der Waals surface area (Å²) in [6.45, 7) is -0.720. The summed E-state index contributed by atoms with van der Waals surface area (Å²) in [6, 6.07) is 7.28. The third-order valence-corrected chi connectivity index (χ3v) is 3.17. The summed E-state index contributed by atoms with van der Waals surface area (Å²) in [5.41, 5.74) is -0.0274. The van der Waals surface area contributed by atoms with Gasteiger partial charge in [0.2, 0.25) is 10.0 Å². The van der Waals surface area contributed by atoms with Crippen molar-refractivity contribution in [2.45, 2.75) is 4.90 Å². The summed E-state index contributed by atoms with van der Waals surface area (Å²) in [4.78, 5) is 10.0. The van der Waals surface area contributed by atoms with Gasteiger partial charge in [0, 0.05) is 0 Å². The van der Waals surface area contributed by atoms with Gasteiger partial charge in [-0.3, -0.25) is 4.79 Å². The number of benzene rings is 1. The fourth-order valence-electron chi connectivity index (χ4n) is 1.03. The van der Waals surface area contributed by atoms with Crippen molar-refractivity contribution >= 4 is 16.0 Å². The van der Waals surface area contributed by atoms with Crippen molar-refractivity contribution < 1.29 is 18.3 Å². The van der Waals surface area contributed by atoms with Crippen LogP contribution >= 0.6 is 0 Å². The maximum Gasteiger partial charge on any atom is 0.318 e. The molecule has 16 heavy (non-hydrogen) atoms. The van der Waals surface area contributed by atoms with Crippen molar-refractivity contribution in [1.82, 2.24) is 4.72 Å². The van der Waals surface area contributed by atoms with Crippen molar-refractivity contribution in [3.8, 4) is 6.07 Å². The molecule has 0 saturated carbocycles. The molecule has 0 fully saturated rings. The van der Waals surface area contributed by atoms with Crippen LogP contribution in [0.1, 0.15) is 5.56 Å². The van der Waals surface area contributed by atoms with Crippen molar-refractivity contribution in [3.63, 3.8) is 0 Å². The molecule has 0 aromatic heterocycles. The Morgan fingerprint density at radius 2 is 2.06 bits per heavy atom. The van der Waals surface area contributed by atoms with E-state index >= 15 is 0 Å². The van der Waals surface area contributed by atoms with Crippen LogP contribution < -0.4 is 4.72 Å². The van der Waals surface area contributed by atoms with Crippen LogP contribution in [-0.2, 0) is 14.8 Å². The molecule has 0 amide bonds. The van der Waals surface area contributed by atoms with E-state index in [1.807, 2.05) is 4.72 Å². The van der Waals surface area contributed by atoms with Crippen LogP contribution in [0.2, 0.25) is 0 Å². The Morgan fingerprint density at radius 3 is 2.62 bits per heavy atom. The molecule has 0 spiro atoms. The van der Waals surface area contributed by atoms with Crippen molar-refractivity contribution in [3.05, 3.63) is 29.8 Å². The molecule has 0 radical (unpaired) electrons.